The topological polar surface area (TPSA) is 105 Å². The number of rotatable bonds is 3. The molecule has 1 aliphatic carbocycles. The van der Waals surface area contributed by atoms with Gasteiger partial charge >= 0.3 is 23.9 Å². The zero-order valence-electron chi connectivity index (χ0n) is 19.5. The van der Waals surface area contributed by atoms with Gasteiger partial charge in [0.2, 0.25) is 5.91 Å². The first-order valence-electron chi connectivity index (χ1n) is 11.2. The zero-order chi connectivity index (χ0) is 27.0. The van der Waals surface area contributed by atoms with E-state index in [1.807, 2.05) is 0 Å². The molecule has 1 aliphatic heterocycles. The summed E-state index contributed by atoms with van der Waals surface area (Å²) in [6.45, 7) is -0.686. The minimum atomic E-state index is -4.66. The molecule has 5 rings (SSSR count). The minimum absolute atomic E-state index is 0.0468. The van der Waals surface area contributed by atoms with Gasteiger partial charge in [0.1, 0.15) is 5.82 Å². The molecule has 1 unspecified atom stereocenters. The zero-order valence-corrected chi connectivity index (χ0v) is 19.5. The number of hydrogen-bond acceptors (Lipinski definition) is 4. The Morgan fingerprint density at radius 2 is 1.70 bits per heavy atom. The normalized spacial score (nSPS) is 20.2. The maximum absolute atomic E-state index is 15.3. The van der Waals surface area contributed by atoms with Crippen LogP contribution < -0.4 is 10.6 Å². The summed E-state index contributed by atoms with van der Waals surface area (Å²) >= 11 is 0. The number of carboxylic acids is 1. The Balaban J connectivity index is 1.63. The molecule has 1 saturated heterocycles. The third kappa shape index (κ3) is 3.59. The molecule has 0 bridgehead atoms. The predicted molar refractivity (Wildman–Crippen MR) is 121 cm³/mol. The van der Waals surface area contributed by atoms with Crippen molar-refractivity contribution in [2.24, 2.45) is 20.0 Å². The molecule has 3 aromatic rings. The fraction of sp³-hybridized carbons (Fsp3) is 0.333. The molecule has 9 nitrogen and oxygen atoms in total. The quantitative estimate of drug-likeness (QED) is 0.422. The lowest BCUT2D eigenvalue weighted by molar-refractivity contribution is -0.151. The second-order valence-corrected chi connectivity index (χ2v) is 9.11. The average Bonchev–Trinajstić information content (AvgIpc) is 3.33. The lowest BCUT2D eigenvalue weighted by atomic mass is 9.98. The van der Waals surface area contributed by atoms with E-state index in [0.29, 0.717) is 4.90 Å². The van der Waals surface area contributed by atoms with E-state index in [2.05, 4.69) is 0 Å². The van der Waals surface area contributed by atoms with Gasteiger partial charge in [-0.3, -0.25) is 28.5 Å². The van der Waals surface area contributed by atoms with Crippen LogP contribution in [0.2, 0.25) is 0 Å². The van der Waals surface area contributed by atoms with E-state index in [0.717, 1.165) is 23.1 Å². The van der Waals surface area contributed by atoms with Crippen molar-refractivity contribution in [2.45, 2.75) is 25.1 Å². The van der Waals surface area contributed by atoms with E-state index >= 15 is 4.39 Å². The summed E-state index contributed by atoms with van der Waals surface area (Å²) in [5, 5.41) is 9.71. The number of imide groups is 1. The maximum atomic E-state index is 15.3. The number of carbonyl (C=O) groups is 3. The van der Waals surface area contributed by atoms with E-state index < -0.39 is 59.7 Å². The summed E-state index contributed by atoms with van der Waals surface area (Å²) in [4.78, 5) is 52.4. The molecule has 0 saturated carbocycles. The van der Waals surface area contributed by atoms with E-state index in [-0.39, 0.29) is 40.7 Å². The van der Waals surface area contributed by atoms with Crippen LogP contribution in [0.5, 0.6) is 0 Å². The van der Waals surface area contributed by atoms with Crippen molar-refractivity contribution in [3.05, 3.63) is 63.3 Å². The molecule has 37 heavy (non-hydrogen) atoms. The standard InChI is InChI=1S/C24H20F4N4O5/c1-29-18-8-15(25)17(9-19(18)30(2)22(29)36)31-10-13(21(34)35)20(33)32(23(31)37)16-7-6-11-12(16)4-3-5-14(11)24(26,27)28/h3-5,8-9,13,16H,6-7,10H2,1-2H3,(H,34,35)/t13?,16-/m1/s1. The third-order valence-corrected chi connectivity index (χ3v) is 7.12. The van der Waals surface area contributed by atoms with Crippen LogP contribution in [0.15, 0.2) is 35.1 Å². The first-order chi connectivity index (χ1) is 17.3. The third-order valence-electron chi connectivity index (χ3n) is 7.12. The SMILES string of the molecule is Cn1c(=O)n(C)c2cc(N3CC(C(=O)O)C(=O)N([C@@H]4CCc5c4cccc5C(F)(F)F)C3=O)c(F)cc21. The first kappa shape index (κ1) is 24.5. The molecule has 194 valence electrons. The van der Waals surface area contributed by atoms with Crippen molar-refractivity contribution in [3.63, 3.8) is 0 Å². The average molecular weight is 520 g/mol. The highest BCUT2D eigenvalue weighted by Crippen LogP contribution is 2.44. The molecule has 2 aliphatic rings. The Morgan fingerprint density at radius 1 is 1.05 bits per heavy atom. The van der Waals surface area contributed by atoms with Gasteiger partial charge in [-0.15, -0.1) is 0 Å². The number of aliphatic carboxylic acids is 1. The molecular weight excluding hydrogens is 500 g/mol. The van der Waals surface area contributed by atoms with E-state index in [4.69, 9.17) is 0 Å². The number of fused-ring (bicyclic) bond motifs is 2. The molecule has 1 aromatic heterocycles. The van der Waals surface area contributed by atoms with Crippen molar-refractivity contribution >= 4 is 34.6 Å². The second-order valence-electron chi connectivity index (χ2n) is 9.11. The Bertz CT molecular complexity index is 1560. The molecule has 3 amide bonds. The highest BCUT2D eigenvalue weighted by atomic mass is 19.4. The van der Waals surface area contributed by atoms with Gasteiger partial charge in [-0.1, -0.05) is 12.1 Å². The highest BCUT2D eigenvalue weighted by molar-refractivity contribution is 6.13. The van der Waals surface area contributed by atoms with Crippen molar-refractivity contribution in [3.8, 4) is 0 Å². The van der Waals surface area contributed by atoms with Crippen LogP contribution in [0.3, 0.4) is 0 Å². The van der Waals surface area contributed by atoms with Crippen LogP contribution in [-0.4, -0.2) is 43.6 Å². The Kier molecular flexibility index (Phi) is 5.42. The first-order valence-corrected chi connectivity index (χ1v) is 11.2. The van der Waals surface area contributed by atoms with Crippen molar-refractivity contribution < 1.29 is 37.1 Å². The van der Waals surface area contributed by atoms with Gasteiger partial charge in [0.15, 0.2) is 5.92 Å². The molecule has 1 N–H and O–H groups in total. The van der Waals surface area contributed by atoms with Crippen molar-refractivity contribution in [1.29, 1.82) is 0 Å². The summed E-state index contributed by atoms with van der Waals surface area (Å²) in [7, 11) is 2.87. The summed E-state index contributed by atoms with van der Waals surface area (Å²) in [5.41, 5.74) is -1.21. The minimum Gasteiger partial charge on any atom is -0.481 e. The largest absolute Gasteiger partial charge is 0.481 e. The fourth-order valence-electron chi connectivity index (χ4n) is 5.28. The summed E-state index contributed by atoms with van der Waals surface area (Å²) in [5.74, 6) is -5.37. The number of amides is 3. The smallest absolute Gasteiger partial charge is 0.416 e. The van der Waals surface area contributed by atoms with Crippen LogP contribution in [-0.2, 0) is 36.3 Å². The van der Waals surface area contributed by atoms with Crippen LogP contribution >= 0.6 is 0 Å². The maximum Gasteiger partial charge on any atom is 0.416 e. The number of imidazole rings is 1. The molecular formula is C24H20F4N4O5. The number of benzene rings is 2. The number of nitrogens with zero attached hydrogens (tertiary/aromatic N) is 4. The lowest BCUT2D eigenvalue weighted by Gasteiger charge is -2.40. The van der Waals surface area contributed by atoms with Crippen LogP contribution in [0.4, 0.5) is 28.0 Å². The van der Waals surface area contributed by atoms with Gasteiger partial charge in [0, 0.05) is 20.2 Å². The fourth-order valence-corrected chi connectivity index (χ4v) is 5.28. The number of aryl methyl sites for hydroxylation is 2. The summed E-state index contributed by atoms with van der Waals surface area (Å²) < 4.78 is 58.3. The van der Waals surface area contributed by atoms with E-state index in [1.54, 1.807) is 0 Å². The van der Waals surface area contributed by atoms with Gasteiger partial charge in [0.25, 0.3) is 0 Å². The summed E-state index contributed by atoms with van der Waals surface area (Å²) in [6.07, 6.45) is -4.79. The van der Waals surface area contributed by atoms with Crippen molar-refractivity contribution in [1.82, 2.24) is 14.0 Å². The molecule has 13 heteroatoms. The Labute approximate surface area is 206 Å². The Morgan fingerprint density at radius 3 is 2.32 bits per heavy atom. The number of urea groups is 1. The summed E-state index contributed by atoms with van der Waals surface area (Å²) in [6, 6.07) is 3.45. The molecule has 0 spiro atoms. The van der Waals surface area contributed by atoms with Crippen LogP contribution in [0.1, 0.15) is 29.2 Å². The van der Waals surface area contributed by atoms with E-state index in [9.17, 15) is 37.5 Å². The number of carbonyl (C=O) groups excluding carboxylic acids is 2. The van der Waals surface area contributed by atoms with Gasteiger partial charge in [-0.25, -0.2) is 14.0 Å². The van der Waals surface area contributed by atoms with Crippen LogP contribution in [0.25, 0.3) is 11.0 Å². The van der Waals surface area contributed by atoms with Gasteiger partial charge in [0.05, 0.1) is 34.9 Å². The number of halogens is 4. The predicted octanol–water partition coefficient (Wildman–Crippen LogP) is 3.19. The molecule has 2 atom stereocenters. The van der Waals surface area contributed by atoms with Crippen LogP contribution in [0, 0.1) is 11.7 Å². The number of aromatic nitrogens is 2. The van der Waals surface area contributed by atoms with Gasteiger partial charge in [-0.05, 0) is 36.1 Å². The van der Waals surface area contributed by atoms with Gasteiger partial charge < -0.3 is 5.11 Å². The lowest BCUT2D eigenvalue weighted by Crippen LogP contribution is -2.59. The monoisotopic (exact) mass is 520 g/mol. The molecule has 1 fully saturated rings. The molecule has 2 heterocycles. The number of carboxylic acid groups (broad SMARTS) is 1. The van der Waals surface area contributed by atoms with Crippen molar-refractivity contribution in [2.75, 3.05) is 11.4 Å². The molecule has 2 aromatic carbocycles. The molecule has 0 radical (unpaired) electrons. The Hall–Kier alpha value is -4.16. The van der Waals surface area contributed by atoms with E-state index in [1.165, 1.54) is 35.4 Å². The van der Waals surface area contributed by atoms with Gasteiger partial charge in [-0.2, -0.15) is 13.2 Å². The number of alkyl halides is 3. The number of hydrogen-bond donors (Lipinski definition) is 1. The highest BCUT2D eigenvalue weighted by Gasteiger charge is 2.49. The second kappa shape index (κ2) is 8.18. The number of anilines is 1.